The Morgan fingerprint density at radius 3 is 2.26 bits per heavy atom. The average molecular weight is 280 g/mol. The van der Waals surface area contributed by atoms with Gasteiger partial charge in [0.1, 0.15) is 0 Å². The van der Waals surface area contributed by atoms with Gasteiger partial charge in [0.2, 0.25) is 0 Å². The standard InChI is InChI=1S/C14H20N2O2S/c1-8-11(14(17)18)9(2)13(19)10(3)12(8)16-6-4-15-5-7-16/h15,19H,4-7H2,1-3H3,(H,17,18). The maximum absolute atomic E-state index is 11.5. The third-order valence-electron chi connectivity index (χ3n) is 3.82. The van der Waals surface area contributed by atoms with E-state index in [1.165, 1.54) is 0 Å². The molecular weight excluding hydrogens is 260 g/mol. The molecule has 19 heavy (non-hydrogen) atoms. The van der Waals surface area contributed by atoms with Crippen LogP contribution in [0.25, 0.3) is 0 Å². The molecule has 1 aliphatic heterocycles. The highest BCUT2D eigenvalue weighted by Gasteiger charge is 2.23. The van der Waals surface area contributed by atoms with Crippen LogP contribution < -0.4 is 10.2 Å². The third-order valence-corrected chi connectivity index (χ3v) is 4.49. The summed E-state index contributed by atoms with van der Waals surface area (Å²) in [7, 11) is 0. The summed E-state index contributed by atoms with van der Waals surface area (Å²) in [4.78, 5) is 14.5. The number of carboxylic acid groups (broad SMARTS) is 1. The van der Waals surface area contributed by atoms with Crippen LogP contribution in [0.4, 0.5) is 5.69 Å². The lowest BCUT2D eigenvalue weighted by Crippen LogP contribution is -2.44. The Bertz CT molecular complexity index is 523. The molecule has 0 amide bonds. The summed E-state index contributed by atoms with van der Waals surface area (Å²) >= 11 is 4.51. The van der Waals surface area contributed by atoms with E-state index in [4.69, 9.17) is 0 Å². The maximum Gasteiger partial charge on any atom is 0.336 e. The van der Waals surface area contributed by atoms with Gasteiger partial charge < -0.3 is 15.3 Å². The molecule has 0 saturated carbocycles. The second kappa shape index (κ2) is 5.43. The van der Waals surface area contributed by atoms with Gasteiger partial charge in [0.25, 0.3) is 0 Å². The van der Waals surface area contributed by atoms with Crippen molar-refractivity contribution in [2.45, 2.75) is 25.7 Å². The van der Waals surface area contributed by atoms with E-state index in [0.717, 1.165) is 53.5 Å². The number of nitrogens with one attached hydrogen (secondary N) is 1. The number of hydrogen-bond donors (Lipinski definition) is 3. The summed E-state index contributed by atoms with van der Waals surface area (Å²) in [6.45, 7) is 9.40. The van der Waals surface area contributed by atoms with Gasteiger partial charge in [0.15, 0.2) is 0 Å². The topological polar surface area (TPSA) is 52.6 Å². The fourth-order valence-corrected chi connectivity index (χ4v) is 3.09. The molecule has 0 unspecified atom stereocenters. The quantitative estimate of drug-likeness (QED) is 0.725. The van der Waals surface area contributed by atoms with Crippen LogP contribution in [0.15, 0.2) is 4.90 Å². The number of nitrogens with zero attached hydrogens (tertiary/aromatic N) is 1. The van der Waals surface area contributed by atoms with Crippen LogP contribution in [0.1, 0.15) is 27.0 Å². The summed E-state index contributed by atoms with van der Waals surface area (Å²) in [5.74, 6) is -0.873. The van der Waals surface area contributed by atoms with Gasteiger partial charge in [-0.05, 0) is 37.5 Å². The number of aromatic carboxylic acids is 1. The molecule has 5 heteroatoms. The first-order valence-electron chi connectivity index (χ1n) is 6.46. The first-order chi connectivity index (χ1) is 8.95. The van der Waals surface area contributed by atoms with E-state index in [0.29, 0.717) is 5.56 Å². The van der Waals surface area contributed by atoms with Crippen molar-refractivity contribution in [1.82, 2.24) is 5.32 Å². The summed E-state index contributed by atoms with van der Waals surface area (Å²) in [5, 5.41) is 12.7. The molecule has 104 valence electrons. The molecular formula is C14H20N2O2S. The highest BCUT2D eigenvalue weighted by Crippen LogP contribution is 2.35. The Balaban J connectivity index is 2.62. The van der Waals surface area contributed by atoms with E-state index in [2.05, 4.69) is 22.8 Å². The van der Waals surface area contributed by atoms with Crippen LogP contribution in [0.5, 0.6) is 0 Å². The normalized spacial score (nSPS) is 15.7. The molecule has 0 aromatic heterocycles. The maximum atomic E-state index is 11.5. The first kappa shape index (κ1) is 14.2. The van der Waals surface area contributed by atoms with E-state index in [1.54, 1.807) is 0 Å². The van der Waals surface area contributed by atoms with Crippen LogP contribution in [0, 0.1) is 20.8 Å². The van der Waals surface area contributed by atoms with Crippen molar-refractivity contribution in [3.05, 3.63) is 22.3 Å². The number of hydrogen-bond acceptors (Lipinski definition) is 4. The van der Waals surface area contributed by atoms with Crippen molar-refractivity contribution in [2.75, 3.05) is 31.1 Å². The molecule has 2 N–H and O–H groups in total. The van der Waals surface area contributed by atoms with Crippen molar-refractivity contribution in [2.24, 2.45) is 0 Å². The molecule has 1 aliphatic rings. The zero-order valence-electron chi connectivity index (χ0n) is 11.6. The Morgan fingerprint density at radius 2 is 1.74 bits per heavy atom. The van der Waals surface area contributed by atoms with Crippen molar-refractivity contribution in [1.29, 1.82) is 0 Å². The van der Waals surface area contributed by atoms with E-state index in [9.17, 15) is 9.90 Å². The molecule has 0 atom stereocenters. The Kier molecular flexibility index (Phi) is 4.06. The molecule has 1 saturated heterocycles. The molecule has 4 nitrogen and oxygen atoms in total. The predicted octanol–water partition coefficient (Wildman–Crippen LogP) is 2.01. The monoisotopic (exact) mass is 280 g/mol. The molecule has 1 aromatic rings. The van der Waals surface area contributed by atoms with Gasteiger partial charge in [-0.1, -0.05) is 0 Å². The average Bonchev–Trinajstić information content (AvgIpc) is 2.37. The smallest absolute Gasteiger partial charge is 0.336 e. The number of anilines is 1. The van der Waals surface area contributed by atoms with Gasteiger partial charge in [0, 0.05) is 36.8 Å². The van der Waals surface area contributed by atoms with Crippen LogP contribution in [-0.4, -0.2) is 37.3 Å². The Morgan fingerprint density at radius 1 is 1.16 bits per heavy atom. The van der Waals surface area contributed by atoms with Gasteiger partial charge in [-0.15, -0.1) is 12.6 Å². The number of piperazine rings is 1. The predicted molar refractivity (Wildman–Crippen MR) is 79.9 cm³/mol. The van der Waals surface area contributed by atoms with Crippen molar-refractivity contribution in [3.63, 3.8) is 0 Å². The summed E-state index contributed by atoms with van der Waals surface area (Å²) < 4.78 is 0. The molecule has 0 radical (unpaired) electrons. The SMILES string of the molecule is Cc1c(S)c(C)c(N2CCNCC2)c(C)c1C(=O)O. The van der Waals surface area contributed by atoms with Crippen LogP contribution in [-0.2, 0) is 0 Å². The number of rotatable bonds is 2. The summed E-state index contributed by atoms with van der Waals surface area (Å²) in [6, 6.07) is 0. The van der Waals surface area contributed by atoms with E-state index >= 15 is 0 Å². The zero-order chi connectivity index (χ0) is 14.2. The highest BCUT2D eigenvalue weighted by molar-refractivity contribution is 7.80. The lowest BCUT2D eigenvalue weighted by atomic mass is 9.96. The lowest BCUT2D eigenvalue weighted by Gasteiger charge is -2.33. The minimum atomic E-state index is -0.873. The minimum Gasteiger partial charge on any atom is -0.478 e. The van der Waals surface area contributed by atoms with Gasteiger partial charge >= 0.3 is 5.97 Å². The van der Waals surface area contributed by atoms with Gasteiger partial charge in [-0.2, -0.15) is 0 Å². The van der Waals surface area contributed by atoms with E-state index in [-0.39, 0.29) is 0 Å². The molecule has 0 aliphatic carbocycles. The minimum absolute atomic E-state index is 0.393. The summed E-state index contributed by atoms with van der Waals surface area (Å²) in [6.07, 6.45) is 0. The lowest BCUT2D eigenvalue weighted by molar-refractivity contribution is 0.0695. The van der Waals surface area contributed by atoms with Crippen molar-refractivity contribution >= 4 is 24.3 Å². The Labute approximate surface area is 119 Å². The van der Waals surface area contributed by atoms with E-state index in [1.807, 2.05) is 20.8 Å². The molecule has 0 bridgehead atoms. The Hall–Kier alpha value is -1.20. The fraction of sp³-hybridized carbons (Fsp3) is 0.500. The highest BCUT2D eigenvalue weighted by atomic mass is 32.1. The van der Waals surface area contributed by atoms with Crippen LogP contribution in [0.3, 0.4) is 0 Å². The number of carboxylic acids is 1. The number of benzene rings is 1. The fourth-order valence-electron chi connectivity index (χ4n) is 2.88. The molecule has 1 heterocycles. The largest absolute Gasteiger partial charge is 0.478 e. The molecule has 1 aromatic carbocycles. The number of carbonyl (C=O) groups is 1. The van der Waals surface area contributed by atoms with Gasteiger partial charge in [0.05, 0.1) is 5.56 Å². The summed E-state index contributed by atoms with van der Waals surface area (Å²) in [5.41, 5.74) is 4.11. The molecule has 2 rings (SSSR count). The van der Waals surface area contributed by atoms with Crippen LogP contribution in [0.2, 0.25) is 0 Å². The third kappa shape index (κ3) is 2.44. The van der Waals surface area contributed by atoms with Crippen molar-refractivity contribution < 1.29 is 9.90 Å². The second-order valence-corrected chi connectivity index (χ2v) is 5.44. The second-order valence-electron chi connectivity index (χ2n) is 4.99. The van der Waals surface area contributed by atoms with Crippen LogP contribution >= 0.6 is 12.6 Å². The van der Waals surface area contributed by atoms with E-state index < -0.39 is 5.97 Å². The zero-order valence-corrected chi connectivity index (χ0v) is 12.5. The van der Waals surface area contributed by atoms with Gasteiger partial charge in [-0.25, -0.2) is 4.79 Å². The number of thiol groups is 1. The first-order valence-corrected chi connectivity index (χ1v) is 6.91. The molecule has 1 fully saturated rings. The van der Waals surface area contributed by atoms with Crippen molar-refractivity contribution in [3.8, 4) is 0 Å². The molecule has 0 spiro atoms. The van der Waals surface area contributed by atoms with Gasteiger partial charge in [-0.3, -0.25) is 0 Å².